The van der Waals surface area contributed by atoms with Gasteiger partial charge >= 0.3 is 5.97 Å². The van der Waals surface area contributed by atoms with Crippen LogP contribution < -0.4 is 5.73 Å². The van der Waals surface area contributed by atoms with Crippen LogP contribution >= 0.6 is 0 Å². The molecular formula is C27H45NO5. The molecular weight excluding hydrogens is 418 g/mol. The maximum atomic E-state index is 12.5. The summed E-state index contributed by atoms with van der Waals surface area (Å²) in [6.45, 7) is 7.00. The van der Waals surface area contributed by atoms with E-state index in [2.05, 4.69) is 12.2 Å². The van der Waals surface area contributed by atoms with Crippen LogP contribution in [0.5, 0.6) is 0 Å². The number of carboxylic acid groups (broad SMARTS) is 1. The molecule has 0 bridgehead atoms. The third-order valence-corrected chi connectivity index (χ3v) is 8.38. The average molecular weight is 464 g/mol. The summed E-state index contributed by atoms with van der Waals surface area (Å²) >= 11 is 0. The van der Waals surface area contributed by atoms with Crippen molar-refractivity contribution >= 4 is 5.97 Å². The summed E-state index contributed by atoms with van der Waals surface area (Å²) in [4.78, 5) is 11.7. The highest BCUT2D eigenvalue weighted by Crippen LogP contribution is 2.59. The van der Waals surface area contributed by atoms with E-state index >= 15 is 0 Å². The number of allylic oxidation sites excluding steroid dienone is 2. The van der Waals surface area contributed by atoms with Crippen LogP contribution in [0.3, 0.4) is 0 Å². The van der Waals surface area contributed by atoms with E-state index in [0.29, 0.717) is 31.6 Å². The number of carboxylic acids is 1. The topological polar surface area (TPSA) is 102 Å². The number of rotatable bonds is 9. The molecule has 1 aliphatic carbocycles. The van der Waals surface area contributed by atoms with Crippen molar-refractivity contribution in [3.05, 3.63) is 23.3 Å². The van der Waals surface area contributed by atoms with Crippen LogP contribution in [0.1, 0.15) is 91.4 Å². The maximum Gasteiger partial charge on any atom is 0.331 e. The Morgan fingerprint density at radius 3 is 2.27 bits per heavy atom. The Morgan fingerprint density at radius 1 is 1.09 bits per heavy atom. The lowest BCUT2D eigenvalue weighted by molar-refractivity contribution is -0.201. The average Bonchev–Trinajstić information content (AvgIpc) is 3.13. The van der Waals surface area contributed by atoms with Gasteiger partial charge in [-0.25, -0.2) is 4.79 Å². The van der Waals surface area contributed by atoms with E-state index in [4.69, 9.17) is 15.2 Å². The summed E-state index contributed by atoms with van der Waals surface area (Å²) in [6, 6.07) is 0.184. The zero-order valence-electron chi connectivity index (χ0n) is 20.9. The van der Waals surface area contributed by atoms with Crippen LogP contribution in [0.25, 0.3) is 0 Å². The first-order valence-corrected chi connectivity index (χ1v) is 13.0. The predicted octanol–water partition coefficient (Wildman–Crippen LogP) is 4.75. The van der Waals surface area contributed by atoms with E-state index in [1.807, 2.05) is 13.8 Å². The van der Waals surface area contributed by atoms with Gasteiger partial charge in [0.15, 0.2) is 0 Å². The minimum Gasteiger partial charge on any atom is -0.478 e. The number of nitrogens with two attached hydrogens (primary N) is 1. The zero-order chi connectivity index (χ0) is 24.1. The molecule has 2 saturated heterocycles. The van der Waals surface area contributed by atoms with E-state index in [1.54, 1.807) is 6.92 Å². The molecule has 188 valence electrons. The first kappa shape index (κ1) is 26.4. The smallest absolute Gasteiger partial charge is 0.331 e. The number of hydrogen-bond acceptors (Lipinski definition) is 5. The number of ether oxygens (including phenoxy) is 2. The molecule has 0 aromatic carbocycles. The van der Waals surface area contributed by atoms with E-state index in [0.717, 1.165) is 63.4 Å². The second kappa shape index (κ2) is 11.5. The fourth-order valence-corrected chi connectivity index (χ4v) is 6.28. The fourth-order valence-electron chi connectivity index (χ4n) is 6.28. The molecule has 0 amide bonds. The Morgan fingerprint density at radius 2 is 1.73 bits per heavy atom. The minimum atomic E-state index is -1.09. The van der Waals surface area contributed by atoms with Crippen LogP contribution in [0.15, 0.2) is 23.3 Å². The van der Waals surface area contributed by atoms with Gasteiger partial charge in [0.05, 0.1) is 12.2 Å². The molecule has 6 heteroatoms. The summed E-state index contributed by atoms with van der Waals surface area (Å²) < 4.78 is 12.6. The van der Waals surface area contributed by atoms with Gasteiger partial charge in [-0.1, -0.05) is 17.7 Å². The molecule has 0 aromatic rings. The normalized spacial score (nSPS) is 37.2. The molecule has 3 fully saturated rings. The molecule has 2 heterocycles. The Labute approximate surface area is 199 Å². The molecule has 6 unspecified atom stereocenters. The number of aliphatic hydroxyl groups is 1. The quantitative estimate of drug-likeness (QED) is 0.259. The second-order valence-electron chi connectivity index (χ2n) is 10.7. The number of carbonyl (C=O) groups is 1. The zero-order valence-corrected chi connectivity index (χ0v) is 20.9. The van der Waals surface area contributed by atoms with Gasteiger partial charge in [0.25, 0.3) is 0 Å². The van der Waals surface area contributed by atoms with Crippen LogP contribution in [0.2, 0.25) is 0 Å². The summed E-state index contributed by atoms with van der Waals surface area (Å²) in [7, 11) is 0. The lowest BCUT2D eigenvalue weighted by atomic mass is 9.64. The van der Waals surface area contributed by atoms with Crippen molar-refractivity contribution in [3.63, 3.8) is 0 Å². The van der Waals surface area contributed by atoms with Gasteiger partial charge in [-0.15, -0.1) is 0 Å². The first-order valence-electron chi connectivity index (χ1n) is 13.0. The molecule has 0 spiro atoms. The van der Waals surface area contributed by atoms with Crippen molar-refractivity contribution in [2.75, 3.05) is 13.2 Å². The van der Waals surface area contributed by atoms with Crippen LogP contribution in [0.4, 0.5) is 0 Å². The maximum absolute atomic E-state index is 12.5. The number of aliphatic carboxylic acids is 1. The monoisotopic (exact) mass is 463 g/mol. The van der Waals surface area contributed by atoms with Gasteiger partial charge in [-0.05, 0) is 97.3 Å². The molecule has 33 heavy (non-hydrogen) atoms. The Balaban J connectivity index is 2.01. The highest BCUT2D eigenvalue weighted by Gasteiger charge is 2.64. The van der Waals surface area contributed by atoms with Crippen molar-refractivity contribution in [1.29, 1.82) is 0 Å². The largest absolute Gasteiger partial charge is 0.478 e. The first-order chi connectivity index (χ1) is 15.7. The molecule has 1 saturated carbocycles. The third-order valence-electron chi connectivity index (χ3n) is 8.38. The molecule has 0 aromatic heterocycles. The Hall–Kier alpha value is -1.21. The van der Waals surface area contributed by atoms with E-state index in [9.17, 15) is 15.0 Å². The molecule has 4 N–H and O–H groups in total. The lowest BCUT2D eigenvalue weighted by Gasteiger charge is -2.50. The van der Waals surface area contributed by atoms with Gasteiger partial charge in [-0.2, -0.15) is 0 Å². The Kier molecular flexibility index (Phi) is 9.18. The van der Waals surface area contributed by atoms with Crippen LogP contribution in [0, 0.1) is 11.3 Å². The second-order valence-corrected chi connectivity index (χ2v) is 10.7. The van der Waals surface area contributed by atoms with Gasteiger partial charge in [0.1, 0.15) is 5.60 Å². The van der Waals surface area contributed by atoms with Crippen LogP contribution in [-0.4, -0.2) is 53.2 Å². The minimum absolute atomic E-state index is 0.0177. The van der Waals surface area contributed by atoms with Crippen molar-refractivity contribution in [2.45, 2.75) is 115 Å². The van der Waals surface area contributed by atoms with Crippen molar-refractivity contribution in [2.24, 2.45) is 17.1 Å². The van der Waals surface area contributed by atoms with Gasteiger partial charge in [0.2, 0.25) is 0 Å². The van der Waals surface area contributed by atoms with Gasteiger partial charge in [0, 0.05) is 30.2 Å². The lowest BCUT2D eigenvalue weighted by Crippen LogP contribution is -2.59. The summed E-state index contributed by atoms with van der Waals surface area (Å²) in [5.74, 6) is -0.904. The van der Waals surface area contributed by atoms with E-state index in [-0.39, 0.29) is 24.2 Å². The highest BCUT2D eigenvalue weighted by molar-refractivity contribution is 5.86. The SMILES string of the molecule is CC(C(=O)O)=C(C)C1CC(O)(C2CCCCO2)C(C=CCCCC(C)N)(C2CCCCO2)C1. The summed E-state index contributed by atoms with van der Waals surface area (Å²) in [6.07, 6.45) is 14.1. The van der Waals surface area contributed by atoms with Crippen molar-refractivity contribution in [3.8, 4) is 0 Å². The summed E-state index contributed by atoms with van der Waals surface area (Å²) in [5, 5.41) is 22.1. The fraction of sp³-hybridized carbons (Fsp3) is 0.815. The molecule has 6 nitrogen and oxygen atoms in total. The van der Waals surface area contributed by atoms with E-state index < -0.39 is 17.0 Å². The standard InChI is InChI=1S/C27H45NO5/c1-19(28)11-5-4-8-14-26(23-12-6-9-15-32-23)17-22(20(2)21(3)25(29)30)18-27(26,31)24-13-7-10-16-33-24/h8,14,19,22-24,31H,4-7,9-13,15-18,28H2,1-3H3,(H,29,30). The van der Waals surface area contributed by atoms with Gasteiger partial charge in [-0.3, -0.25) is 0 Å². The van der Waals surface area contributed by atoms with Crippen LogP contribution in [-0.2, 0) is 14.3 Å². The number of unbranched alkanes of at least 4 members (excludes halogenated alkanes) is 1. The molecule has 3 rings (SSSR count). The Bertz CT molecular complexity index is 720. The molecule has 6 atom stereocenters. The van der Waals surface area contributed by atoms with Gasteiger partial charge < -0.3 is 25.4 Å². The van der Waals surface area contributed by atoms with Crippen molar-refractivity contribution in [1.82, 2.24) is 0 Å². The summed E-state index contributed by atoms with van der Waals surface area (Å²) in [5.41, 5.74) is 5.50. The molecule has 0 radical (unpaired) electrons. The third kappa shape index (κ3) is 5.72. The number of hydrogen-bond donors (Lipinski definition) is 3. The highest BCUT2D eigenvalue weighted by atomic mass is 16.5. The predicted molar refractivity (Wildman–Crippen MR) is 130 cm³/mol. The van der Waals surface area contributed by atoms with E-state index in [1.165, 1.54) is 0 Å². The molecule has 3 aliphatic rings. The molecule has 2 aliphatic heterocycles. The van der Waals surface area contributed by atoms with Crippen molar-refractivity contribution < 1.29 is 24.5 Å².